The zero-order valence-electron chi connectivity index (χ0n) is 40.7. The number of ether oxygens (including phenoxy) is 2. The van der Waals surface area contributed by atoms with Gasteiger partial charge < -0.3 is 25.6 Å². The van der Waals surface area contributed by atoms with E-state index in [1.165, 1.54) is 6.07 Å². The average molecular weight is 1040 g/mol. The summed E-state index contributed by atoms with van der Waals surface area (Å²) >= 11 is 24.5. The van der Waals surface area contributed by atoms with Crippen molar-refractivity contribution >= 4 is 76.0 Å². The van der Waals surface area contributed by atoms with Gasteiger partial charge in [-0.2, -0.15) is 0 Å². The predicted molar refractivity (Wildman–Crippen MR) is 280 cm³/mol. The number of aromatic carboxylic acids is 1. The van der Waals surface area contributed by atoms with E-state index in [1.54, 1.807) is 121 Å². The number of carbonyl (C=O) groups is 5. The maximum Gasteiger partial charge on any atom is 0.408 e. The van der Waals surface area contributed by atoms with Crippen LogP contribution in [0.5, 0.6) is 0 Å². The van der Waals surface area contributed by atoms with Gasteiger partial charge in [0.1, 0.15) is 11.2 Å². The number of carboxylic acids is 1. The molecule has 0 aliphatic rings. The summed E-state index contributed by atoms with van der Waals surface area (Å²) in [5.74, 6) is -2.07. The van der Waals surface area contributed by atoms with E-state index in [0.717, 1.165) is 33.6 Å². The molecular formula is C55H56Cl4N4O8. The number of nitrogens with one attached hydrogen (secondary N) is 1. The first kappa shape index (κ1) is 55.8. The fourth-order valence-electron chi connectivity index (χ4n) is 7.25. The maximum atomic E-state index is 13.7. The Kier molecular flexibility index (Phi) is 19.1. The van der Waals surface area contributed by atoms with Gasteiger partial charge in [-0.05, 0) is 179 Å². The standard InChI is InChI=1S/C32H36Cl2N2O5.C23H20Cl2N2O3/c1-19-12-21(10-11-35-19)23-13-20(14-24(16-23)29(38)40-31(2,3)4)15-28(37)27(36-30(39)41-32(5,6)7)17-22-8-9-25(33)18-26(22)34;1-13-6-15(4-5-27-13)17-7-14(8-18(10-17)23(29)30)9-22(28)21(26)11-16-2-3-19(24)12-20(16)25/h8-14,16,18,27H,15,17H2,1-7H3,(H,36,39);2-8,10,12,21H,9,11,26H2,1H3,(H,29,30)/t27-;21-/m00/s1. The van der Waals surface area contributed by atoms with Gasteiger partial charge in [0, 0.05) is 63.1 Å². The third-order valence-electron chi connectivity index (χ3n) is 10.5. The molecule has 6 aromatic rings. The lowest BCUT2D eigenvalue weighted by Gasteiger charge is -2.24. The third-order valence-corrected chi connectivity index (χ3v) is 11.6. The SMILES string of the molecule is Cc1cc(-c2cc(CC(=O)[C@@H](N)Cc3ccc(Cl)cc3Cl)cc(C(=O)O)c2)ccn1.Cc1cc(-c2cc(CC(=O)[C@H](Cc3ccc(Cl)cc3Cl)NC(=O)OC(C)(C)C)cc(C(=O)OC(C)(C)C)c2)ccn1. The number of hydrogen-bond acceptors (Lipinski definition) is 10. The lowest BCUT2D eigenvalue weighted by atomic mass is 9.94. The minimum Gasteiger partial charge on any atom is -0.478 e. The molecule has 2 heterocycles. The van der Waals surface area contributed by atoms with Crippen LogP contribution in [0, 0.1) is 13.8 Å². The van der Waals surface area contributed by atoms with E-state index in [9.17, 15) is 29.1 Å². The quantitative estimate of drug-likeness (QED) is 0.0830. The summed E-state index contributed by atoms with van der Waals surface area (Å²) in [4.78, 5) is 72.2. The molecule has 0 aliphatic carbocycles. The number of alkyl carbamates (subject to hydrolysis) is 1. The van der Waals surface area contributed by atoms with Gasteiger partial charge in [-0.1, -0.05) is 70.7 Å². The molecule has 0 spiro atoms. The highest BCUT2D eigenvalue weighted by molar-refractivity contribution is 6.35. The molecule has 0 unspecified atom stereocenters. The molecule has 0 fully saturated rings. The van der Waals surface area contributed by atoms with Crippen LogP contribution in [0.3, 0.4) is 0 Å². The van der Waals surface area contributed by atoms with Crippen molar-refractivity contribution in [3.63, 3.8) is 0 Å². The summed E-state index contributed by atoms with van der Waals surface area (Å²) in [7, 11) is 0. The molecule has 0 radical (unpaired) electrons. The Balaban J connectivity index is 0.000000277. The number of amides is 1. The molecule has 16 heteroatoms. The second-order valence-electron chi connectivity index (χ2n) is 19.0. The van der Waals surface area contributed by atoms with E-state index in [1.807, 2.05) is 38.1 Å². The van der Waals surface area contributed by atoms with Gasteiger partial charge in [0.05, 0.1) is 23.2 Å². The van der Waals surface area contributed by atoms with E-state index < -0.39 is 41.3 Å². The number of pyridine rings is 2. The summed E-state index contributed by atoms with van der Waals surface area (Å²) in [6.07, 6.45) is 2.96. The number of esters is 1. The van der Waals surface area contributed by atoms with E-state index >= 15 is 0 Å². The van der Waals surface area contributed by atoms with Gasteiger partial charge in [-0.3, -0.25) is 19.6 Å². The van der Waals surface area contributed by atoms with Crippen LogP contribution in [0.1, 0.15) is 95.9 Å². The van der Waals surface area contributed by atoms with Crippen molar-refractivity contribution in [2.45, 2.75) is 104 Å². The van der Waals surface area contributed by atoms with Gasteiger partial charge in [0.2, 0.25) is 0 Å². The lowest BCUT2D eigenvalue weighted by Crippen LogP contribution is -2.45. The molecule has 2 atom stereocenters. The first-order valence-electron chi connectivity index (χ1n) is 22.5. The molecule has 4 N–H and O–H groups in total. The summed E-state index contributed by atoms with van der Waals surface area (Å²) in [6, 6.07) is 25.8. The van der Waals surface area contributed by atoms with Crippen LogP contribution in [0.4, 0.5) is 4.79 Å². The number of nitrogens with two attached hydrogens (primary N) is 1. The molecule has 0 bridgehead atoms. The summed E-state index contributed by atoms with van der Waals surface area (Å²) in [6.45, 7) is 14.3. The number of ketones is 2. The van der Waals surface area contributed by atoms with Gasteiger partial charge >= 0.3 is 18.0 Å². The van der Waals surface area contributed by atoms with Crippen LogP contribution in [0.15, 0.2) is 109 Å². The summed E-state index contributed by atoms with van der Waals surface area (Å²) < 4.78 is 11.0. The Labute approximate surface area is 434 Å². The van der Waals surface area contributed by atoms with Crippen LogP contribution < -0.4 is 11.1 Å². The highest BCUT2D eigenvalue weighted by Crippen LogP contribution is 2.28. The minimum atomic E-state index is -1.06. The van der Waals surface area contributed by atoms with Crippen molar-refractivity contribution in [3.05, 3.63) is 174 Å². The predicted octanol–water partition coefficient (Wildman–Crippen LogP) is 12.3. The second kappa shape index (κ2) is 24.3. The molecular weight excluding hydrogens is 986 g/mol. The Morgan fingerprint density at radius 2 is 1.06 bits per heavy atom. The molecule has 12 nitrogen and oxygen atoms in total. The number of carbonyl (C=O) groups excluding carboxylic acids is 4. The number of benzene rings is 4. The largest absolute Gasteiger partial charge is 0.478 e. The molecule has 4 aromatic carbocycles. The van der Waals surface area contributed by atoms with Crippen LogP contribution >= 0.6 is 46.4 Å². The monoisotopic (exact) mass is 1040 g/mol. The van der Waals surface area contributed by atoms with E-state index in [4.69, 9.17) is 61.6 Å². The number of nitrogens with zero attached hydrogens (tertiary/aromatic N) is 2. The van der Waals surface area contributed by atoms with Crippen LogP contribution in [-0.4, -0.2) is 68.0 Å². The maximum absolute atomic E-state index is 13.7. The van der Waals surface area contributed by atoms with Crippen molar-refractivity contribution in [2.75, 3.05) is 0 Å². The van der Waals surface area contributed by atoms with Crippen molar-refractivity contribution in [3.8, 4) is 22.3 Å². The number of rotatable bonds is 15. The second-order valence-corrected chi connectivity index (χ2v) is 20.7. The van der Waals surface area contributed by atoms with Crippen LogP contribution in [0.2, 0.25) is 20.1 Å². The molecule has 1 amide bonds. The summed E-state index contributed by atoms with van der Waals surface area (Å²) in [5, 5.41) is 14.0. The van der Waals surface area contributed by atoms with Gasteiger partial charge in [-0.25, -0.2) is 14.4 Å². The Morgan fingerprint density at radius 1 is 0.592 bits per heavy atom. The van der Waals surface area contributed by atoms with E-state index in [2.05, 4.69) is 15.3 Å². The van der Waals surface area contributed by atoms with E-state index in [-0.39, 0.29) is 42.8 Å². The Bertz CT molecular complexity index is 2950. The number of aromatic nitrogens is 2. The van der Waals surface area contributed by atoms with Crippen molar-refractivity contribution in [2.24, 2.45) is 5.73 Å². The fourth-order valence-corrected chi connectivity index (χ4v) is 8.22. The highest BCUT2D eigenvalue weighted by Gasteiger charge is 2.27. The molecule has 0 saturated heterocycles. The van der Waals surface area contributed by atoms with E-state index in [0.29, 0.717) is 47.9 Å². The van der Waals surface area contributed by atoms with Crippen molar-refractivity contribution < 1.29 is 38.6 Å². The molecule has 71 heavy (non-hydrogen) atoms. The molecule has 2 aromatic heterocycles. The number of halogens is 4. The smallest absolute Gasteiger partial charge is 0.408 e. The summed E-state index contributed by atoms with van der Waals surface area (Å²) in [5.41, 5.74) is 12.3. The fraction of sp³-hybridized carbons (Fsp3) is 0.291. The Morgan fingerprint density at radius 3 is 1.52 bits per heavy atom. The molecule has 372 valence electrons. The zero-order valence-corrected chi connectivity index (χ0v) is 43.7. The van der Waals surface area contributed by atoms with Crippen molar-refractivity contribution in [1.82, 2.24) is 15.3 Å². The number of Topliss-reactive ketones (excluding diaryl/α,β-unsaturated/α-hetero) is 2. The molecule has 6 rings (SSSR count). The van der Waals surface area contributed by atoms with Gasteiger partial charge in [-0.15, -0.1) is 0 Å². The topological polar surface area (TPSA) is 188 Å². The average Bonchev–Trinajstić information content (AvgIpc) is 3.26. The normalized spacial score (nSPS) is 12.2. The minimum absolute atomic E-state index is 0.0184. The lowest BCUT2D eigenvalue weighted by molar-refractivity contribution is -0.120. The van der Waals surface area contributed by atoms with Crippen molar-refractivity contribution in [1.29, 1.82) is 0 Å². The third kappa shape index (κ3) is 17.6. The van der Waals surface area contributed by atoms with Crippen LogP contribution in [0.25, 0.3) is 22.3 Å². The zero-order chi connectivity index (χ0) is 52.4. The first-order valence-corrected chi connectivity index (χ1v) is 24.0. The highest BCUT2D eigenvalue weighted by atomic mass is 35.5. The number of aryl methyl sites for hydroxylation is 2. The first-order chi connectivity index (χ1) is 33.2. The number of carboxylic acid groups (broad SMARTS) is 1. The molecule has 0 aliphatic heterocycles. The van der Waals surface area contributed by atoms with Crippen LogP contribution in [-0.2, 0) is 44.7 Å². The molecule has 0 saturated carbocycles. The van der Waals surface area contributed by atoms with Gasteiger partial charge in [0.25, 0.3) is 0 Å². The number of hydrogen-bond donors (Lipinski definition) is 3. The Hall–Kier alpha value is -6.15. The van der Waals surface area contributed by atoms with Gasteiger partial charge in [0.15, 0.2) is 11.6 Å².